The summed E-state index contributed by atoms with van der Waals surface area (Å²) in [7, 11) is 0. The molecule has 6 N–H and O–H groups in total. The van der Waals surface area contributed by atoms with E-state index in [4.69, 9.17) is 4.84 Å². The topological polar surface area (TPSA) is 98.5 Å². The van der Waals surface area contributed by atoms with Gasteiger partial charge in [0.25, 0.3) is 0 Å². The highest BCUT2D eigenvalue weighted by Gasteiger charge is 1.99. The molecule has 0 aromatic heterocycles. The number of unbranched alkanes of at least 4 members (excludes halogenated alkanes) is 16. The van der Waals surface area contributed by atoms with Crippen molar-refractivity contribution in [1.82, 2.24) is 32.9 Å². The lowest BCUT2D eigenvalue weighted by molar-refractivity contribution is 0.0494. The molecule has 0 heterocycles. The van der Waals surface area contributed by atoms with Crippen LogP contribution in [-0.4, -0.2) is 19.2 Å². The van der Waals surface area contributed by atoms with Gasteiger partial charge in [-0.1, -0.05) is 122 Å². The smallest absolute Gasteiger partial charge is 0.336 e. The average molecular weight is 445 g/mol. The van der Waals surface area contributed by atoms with Crippen LogP contribution in [0.2, 0.25) is 0 Å². The molecule has 186 valence electrons. The minimum absolute atomic E-state index is 0.614. The number of hydrazine groups is 4. The molecule has 0 saturated heterocycles. The molecule has 0 fully saturated rings. The Kier molecular flexibility index (Phi) is 26.3. The van der Waals surface area contributed by atoms with Crippen molar-refractivity contribution in [3.63, 3.8) is 0 Å². The number of hydrogen-bond acceptors (Lipinski definition) is 7. The van der Waals surface area contributed by atoms with Gasteiger partial charge in [-0.3, -0.25) is 0 Å². The van der Waals surface area contributed by atoms with Gasteiger partial charge in [0.05, 0.1) is 0 Å². The molecule has 0 radical (unpaired) electrons. The summed E-state index contributed by atoms with van der Waals surface area (Å²) in [6.07, 6.45) is 22.8. The first-order valence-corrected chi connectivity index (χ1v) is 13.0. The van der Waals surface area contributed by atoms with E-state index >= 15 is 0 Å². The van der Waals surface area contributed by atoms with Gasteiger partial charge in [-0.15, -0.1) is 0 Å². The molecule has 0 bridgehead atoms. The molecule has 1 amide bonds. The average Bonchev–Trinajstić information content (AvgIpc) is 2.77. The normalized spacial score (nSPS) is 11.0. The van der Waals surface area contributed by atoms with Gasteiger partial charge in [0.1, 0.15) is 0 Å². The Balaban J connectivity index is 3.14. The Morgan fingerprint density at radius 1 is 0.548 bits per heavy atom. The minimum Gasteiger partial charge on any atom is -0.336 e. The number of carbonyl (C=O) groups is 1. The largest absolute Gasteiger partial charge is 0.442 e. The third-order valence-electron chi connectivity index (χ3n) is 5.35. The van der Waals surface area contributed by atoms with Gasteiger partial charge in [0.15, 0.2) is 0 Å². The van der Waals surface area contributed by atoms with Crippen LogP contribution < -0.4 is 32.9 Å². The van der Waals surface area contributed by atoms with E-state index in [2.05, 4.69) is 46.8 Å². The quantitative estimate of drug-likeness (QED) is 0.0840. The second-order valence-corrected chi connectivity index (χ2v) is 8.38. The molecular weight excluding hydrogens is 392 g/mol. The maximum absolute atomic E-state index is 11.5. The molecular formula is C23H52N6O2. The number of nitrogens with one attached hydrogen (secondary N) is 6. The van der Waals surface area contributed by atoms with Gasteiger partial charge in [-0.05, 0) is 12.8 Å². The molecule has 0 spiro atoms. The van der Waals surface area contributed by atoms with Crippen LogP contribution in [0.5, 0.6) is 0 Å². The molecule has 8 nitrogen and oxygen atoms in total. The molecule has 31 heavy (non-hydrogen) atoms. The summed E-state index contributed by atoms with van der Waals surface area (Å²) >= 11 is 0. The molecule has 0 aliphatic carbocycles. The second-order valence-electron chi connectivity index (χ2n) is 8.38. The summed E-state index contributed by atoms with van der Waals surface area (Å²) in [6.45, 7) is 6.13. The molecule has 8 heteroatoms. The molecule has 0 atom stereocenters. The summed E-state index contributed by atoms with van der Waals surface area (Å²) in [4.78, 5) is 16.2. The van der Waals surface area contributed by atoms with E-state index in [1.165, 1.54) is 103 Å². The first-order valence-electron chi connectivity index (χ1n) is 13.0. The van der Waals surface area contributed by atoms with Crippen LogP contribution in [0.3, 0.4) is 0 Å². The Morgan fingerprint density at radius 2 is 0.935 bits per heavy atom. The zero-order valence-corrected chi connectivity index (χ0v) is 20.5. The summed E-state index contributed by atoms with van der Waals surface area (Å²) < 4.78 is 0. The Morgan fingerprint density at radius 3 is 1.39 bits per heavy atom. The summed E-state index contributed by atoms with van der Waals surface area (Å²) in [5.74, 6) is 0. The Bertz CT molecular complexity index is 361. The first kappa shape index (κ1) is 30.1. The third-order valence-corrected chi connectivity index (χ3v) is 5.35. The lowest BCUT2D eigenvalue weighted by Crippen LogP contribution is -2.51. The van der Waals surface area contributed by atoms with Gasteiger partial charge in [-0.25, -0.2) is 21.1 Å². The molecule has 0 unspecified atom stereocenters. The van der Waals surface area contributed by atoms with Crippen molar-refractivity contribution in [3.05, 3.63) is 0 Å². The van der Waals surface area contributed by atoms with Gasteiger partial charge in [0.2, 0.25) is 0 Å². The van der Waals surface area contributed by atoms with Gasteiger partial charge in [0, 0.05) is 13.1 Å². The minimum atomic E-state index is -0.614. The zero-order chi connectivity index (χ0) is 22.7. The first-order chi connectivity index (χ1) is 15.3. The van der Waals surface area contributed by atoms with Crippen molar-refractivity contribution in [2.75, 3.05) is 13.1 Å². The van der Waals surface area contributed by atoms with Crippen LogP contribution >= 0.6 is 0 Å². The van der Waals surface area contributed by atoms with E-state index in [1.54, 1.807) is 0 Å². The van der Waals surface area contributed by atoms with Crippen LogP contribution in [0.25, 0.3) is 0 Å². The van der Waals surface area contributed by atoms with E-state index in [0.29, 0.717) is 0 Å². The highest BCUT2D eigenvalue weighted by molar-refractivity contribution is 5.65. The molecule has 0 aliphatic rings. The standard InChI is InChI=1S/C23H52N6O2/c1-3-5-7-9-11-13-15-17-19-21-24-27-26-23(30)31-29-28-25-22-20-18-16-14-12-10-8-6-4-2/h24-25,27-29H,3-22H2,1-2H3,(H,26,30). The van der Waals surface area contributed by atoms with Gasteiger partial charge >= 0.3 is 6.09 Å². The van der Waals surface area contributed by atoms with Crippen LogP contribution in [-0.2, 0) is 4.84 Å². The van der Waals surface area contributed by atoms with Crippen LogP contribution in [0.4, 0.5) is 4.79 Å². The molecule has 0 aliphatic heterocycles. The zero-order valence-electron chi connectivity index (χ0n) is 20.5. The third kappa shape index (κ3) is 27.0. The van der Waals surface area contributed by atoms with Crippen molar-refractivity contribution in [2.45, 2.75) is 129 Å². The van der Waals surface area contributed by atoms with Crippen molar-refractivity contribution in [3.8, 4) is 0 Å². The number of rotatable bonds is 25. The fourth-order valence-corrected chi connectivity index (χ4v) is 3.40. The van der Waals surface area contributed by atoms with E-state index < -0.39 is 6.09 Å². The summed E-state index contributed by atoms with van der Waals surface area (Å²) in [5.41, 5.74) is 16.0. The van der Waals surface area contributed by atoms with Crippen LogP contribution in [0, 0.1) is 0 Å². The maximum atomic E-state index is 11.5. The van der Waals surface area contributed by atoms with Crippen LogP contribution in [0.1, 0.15) is 129 Å². The Labute approximate surface area is 191 Å². The second kappa shape index (κ2) is 27.1. The fourth-order valence-electron chi connectivity index (χ4n) is 3.40. The molecule has 0 saturated carbocycles. The van der Waals surface area contributed by atoms with E-state index in [-0.39, 0.29) is 0 Å². The molecule has 0 aromatic rings. The highest BCUT2D eigenvalue weighted by Crippen LogP contribution is 2.09. The van der Waals surface area contributed by atoms with E-state index in [0.717, 1.165) is 25.9 Å². The lowest BCUT2D eigenvalue weighted by atomic mass is 10.1. The van der Waals surface area contributed by atoms with Gasteiger partial charge < -0.3 is 4.84 Å². The van der Waals surface area contributed by atoms with Crippen molar-refractivity contribution < 1.29 is 9.63 Å². The molecule has 0 aromatic carbocycles. The van der Waals surface area contributed by atoms with E-state index in [9.17, 15) is 4.79 Å². The maximum Gasteiger partial charge on any atom is 0.442 e. The molecule has 0 rings (SSSR count). The predicted octanol–water partition coefficient (Wildman–Crippen LogP) is 5.30. The van der Waals surface area contributed by atoms with E-state index in [1.807, 2.05) is 0 Å². The monoisotopic (exact) mass is 444 g/mol. The Hall–Kier alpha value is -0.930. The lowest BCUT2D eigenvalue weighted by Gasteiger charge is -2.11. The van der Waals surface area contributed by atoms with Crippen molar-refractivity contribution >= 4 is 6.09 Å². The highest BCUT2D eigenvalue weighted by atomic mass is 16.7. The van der Waals surface area contributed by atoms with Crippen LogP contribution in [0.15, 0.2) is 0 Å². The number of amides is 1. The number of hydrogen-bond donors (Lipinski definition) is 6. The van der Waals surface area contributed by atoms with Gasteiger partial charge in [-0.2, -0.15) is 11.1 Å². The van der Waals surface area contributed by atoms with Crippen molar-refractivity contribution in [2.24, 2.45) is 0 Å². The number of carbonyl (C=O) groups excluding carboxylic acids is 1. The van der Waals surface area contributed by atoms with Crippen molar-refractivity contribution in [1.29, 1.82) is 0 Å². The predicted molar refractivity (Wildman–Crippen MR) is 129 cm³/mol. The fraction of sp³-hybridized carbons (Fsp3) is 0.957. The summed E-state index contributed by atoms with van der Waals surface area (Å²) in [5, 5.41) is 0. The summed E-state index contributed by atoms with van der Waals surface area (Å²) in [6, 6.07) is 0. The SMILES string of the molecule is CCCCCCCCCCCNNNOC(=O)NNNCCCCCCCCCCC.